The Morgan fingerprint density at radius 1 is 1.32 bits per heavy atom. The van der Waals surface area contributed by atoms with E-state index in [2.05, 4.69) is 10.3 Å². The van der Waals surface area contributed by atoms with Crippen molar-refractivity contribution < 1.29 is 23.8 Å². The van der Waals surface area contributed by atoms with Crippen LogP contribution in [0.5, 0.6) is 5.75 Å². The maximum absolute atomic E-state index is 12.3. The summed E-state index contributed by atoms with van der Waals surface area (Å²) in [5, 5.41) is 2.74. The molecular weight excluding hydrogens is 384 g/mol. The van der Waals surface area contributed by atoms with Gasteiger partial charge in [-0.15, -0.1) is 0 Å². The third kappa shape index (κ3) is 5.43. The molecule has 0 aliphatic carbocycles. The second kappa shape index (κ2) is 9.52. The molecule has 1 amide bonds. The summed E-state index contributed by atoms with van der Waals surface area (Å²) in [6.45, 7) is 2.74. The number of hydrogen-bond donors (Lipinski definition) is 1. The van der Waals surface area contributed by atoms with Gasteiger partial charge in [0.05, 0.1) is 17.4 Å². The molecule has 1 fully saturated rings. The molecule has 1 aromatic carbocycles. The Bertz CT molecular complexity index is 822. The standard InChI is InChI=1S/C20H21ClN2O5/c1-13(19(24)23-17-5-2-10-22-18(17)21)28-20(25)14-6-8-15(9-7-14)27-12-16-4-3-11-26-16/h2,5-10,13,16H,3-4,11-12H2,1H3,(H,23,24)/t13-,16-/m1/s1. The van der Waals surface area contributed by atoms with Gasteiger partial charge in [-0.3, -0.25) is 4.79 Å². The minimum atomic E-state index is -1.00. The van der Waals surface area contributed by atoms with Gasteiger partial charge in [-0.25, -0.2) is 9.78 Å². The number of carbonyl (C=O) groups excluding carboxylic acids is 2. The minimum absolute atomic E-state index is 0.123. The smallest absolute Gasteiger partial charge is 0.338 e. The summed E-state index contributed by atoms with van der Waals surface area (Å²) in [5.41, 5.74) is 0.674. The molecule has 3 rings (SSSR count). The first-order valence-corrected chi connectivity index (χ1v) is 9.37. The van der Waals surface area contributed by atoms with E-state index in [1.54, 1.807) is 36.4 Å². The molecule has 28 heavy (non-hydrogen) atoms. The van der Waals surface area contributed by atoms with E-state index < -0.39 is 18.0 Å². The molecule has 0 radical (unpaired) electrons. The third-order valence-corrected chi connectivity index (χ3v) is 4.52. The van der Waals surface area contributed by atoms with Crippen molar-refractivity contribution in [3.05, 3.63) is 53.3 Å². The highest BCUT2D eigenvalue weighted by molar-refractivity contribution is 6.32. The highest BCUT2D eigenvalue weighted by Gasteiger charge is 2.20. The van der Waals surface area contributed by atoms with Crippen molar-refractivity contribution in [2.45, 2.75) is 32.0 Å². The summed E-state index contributed by atoms with van der Waals surface area (Å²) in [6, 6.07) is 9.81. The molecule has 148 valence electrons. The Balaban J connectivity index is 1.50. The number of rotatable bonds is 7. The number of benzene rings is 1. The lowest BCUT2D eigenvalue weighted by Gasteiger charge is -2.14. The van der Waals surface area contributed by atoms with Crippen LogP contribution in [0.25, 0.3) is 0 Å². The minimum Gasteiger partial charge on any atom is -0.491 e. The van der Waals surface area contributed by atoms with Crippen LogP contribution >= 0.6 is 11.6 Å². The van der Waals surface area contributed by atoms with E-state index in [1.807, 2.05) is 0 Å². The lowest BCUT2D eigenvalue weighted by Crippen LogP contribution is -2.30. The van der Waals surface area contributed by atoms with E-state index in [-0.39, 0.29) is 11.3 Å². The number of esters is 1. The highest BCUT2D eigenvalue weighted by Crippen LogP contribution is 2.19. The molecule has 0 bridgehead atoms. The van der Waals surface area contributed by atoms with Crippen LogP contribution in [0.2, 0.25) is 5.15 Å². The SMILES string of the molecule is C[C@@H](OC(=O)c1ccc(OC[C@H]2CCCO2)cc1)C(=O)Nc1cccnc1Cl. The van der Waals surface area contributed by atoms with E-state index in [0.717, 1.165) is 19.4 Å². The number of halogens is 1. The van der Waals surface area contributed by atoms with Crippen molar-refractivity contribution >= 4 is 29.2 Å². The number of aromatic nitrogens is 1. The van der Waals surface area contributed by atoms with Gasteiger partial charge >= 0.3 is 5.97 Å². The van der Waals surface area contributed by atoms with Crippen molar-refractivity contribution in [3.63, 3.8) is 0 Å². The van der Waals surface area contributed by atoms with Gasteiger partial charge in [-0.1, -0.05) is 11.6 Å². The Labute approximate surface area is 168 Å². The zero-order valence-electron chi connectivity index (χ0n) is 15.4. The first kappa shape index (κ1) is 20.1. The second-order valence-electron chi connectivity index (χ2n) is 6.35. The van der Waals surface area contributed by atoms with Crippen LogP contribution in [-0.4, -0.2) is 42.3 Å². The molecule has 1 saturated heterocycles. The molecule has 2 aromatic rings. The monoisotopic (exact) mass is 404 g/mol. The molecule has 2 heterocycles. The van der Waals surface area contributed by atoms with E-state index in [1.165, 1.54) is 13.1 Å². The van der Waals surface area contributed by atoms with E-state index in [4.69, 9.17) is 25.8 Å². The molecule has 0 saturated carbocycles. The fourth-order valence-electron chi connectivity index (χ4n) is 2.65. The maximum Gasteiger partial charge on any atom is 0.338 e. The van der Waals surface area contributed by atoms with Gasteiger partial charge in [0, 0.05) is 12.8 Å². The zero-order chi connectivity index (χ0) is 19.9. The summed E-state index contributed by atoms with van der Waals surface area (Å²) in [5.74, 6) is -0.463. The summed E-state index contributed by atoms with van der Waals surface area (Å²) in [6.07, 6.45) is 2.68. The van der Waals surface area contributed by atoms with Crippen molar-refractivity contribution in [1.82, 2.24) is 4.98 Å². The second-order valence-corrected chi connectivity index (χ2v) is 6.71. The topological polar surface area (TPSA) is 86.8 Å². The van der Waals surface area contributed by atoms with Gasteiger partial charge in [0.25, 0.3) is 5.91 Å². The maximum atomic E-state index is 12.3. The van der Waals surface area contributed by atoms with E-state index in [9.17, 15) is 9.59 Å². The van der Waals surface area contributed by atoms with Gasteiger partial charge < -0.3 is 19.5 Å². The van der Waals surface area contributed by atoms with Crippen LogP contribution in [0.4, 0.5) is 5.69 Å². The van der Waals surface area contributed by atoms with Crippen molar-refractivity contribution in [2.75, 3.05) is 18.5 Å². The zero-order valence-corrected chi connectivity index (χ0v) is 16.1. The fourth-order valence-corrected chi connectivity index (χ4v) is 2.81. The molecule has 0 spiro atoms. The molecule has 1 aliphatic heterocycles. The summed E-state index contributed by atoms with van der Waals surface area (Å²) < 4.78 is 16.4. The predicted octanol–water partition coefficient (Wildman–Crippen LogP) is 3.48. The number of nitrogens with zero attached hydrogens (tertiary/aromatic N) is 1. The molecule has 1 aliphatic rings. The van der Waals surface area contributed by atoms with Gasteiger partial charge in [-0.05, 0) is 56.2 Å². The van der Waals surface area contributed by atoms with Gasteiger partial charge in [-0.2, -0.15) is 0 Å². The number of pyridine rings is 1. The Morgan fingerprint density at radius 3 is 2.79 bits per heavy atom. The Kier molecular flexibility index (Phi) is 6.84. The Morgan fingerprint density at radius 2 is 2.11 bits per heavy atom. The van der Waals surface area contributed by atoms with Crippen LogP contribution in [0.15, 0.2) is 42.6 Å². The quantitative estimate of drug-likeness (QED) is 0.561. The largest absolute Gasteiger partial charge is 0.491 e. The number of amides is 1. The molecule has 1 N–H and O–H groups in total. The lowest BCUT2D eigenvalue weighted by molar-refractivity contribution is -0.123. The molecule has 2 atom stereocenters. The number of ether oxygens (including phenoxy) is 3. The van der Waals surface area contributed by atoms with Crippen LogP contribution in [0.1, 0.15) is 30.1 Å². The number of carbonyl (C=O) groups is 2. The summed E-state index contributed by atoms with van der Waals surface area (Å²) in [7, 11) is 0. The predicted molar refractivity (Wildman–Crippen MR) is 104 cm³/mol. The molecule has 7 nitrogen and oxygen atoms in total. The van der Waals surface area contributed by atoms with Gasteiger partial charge in [0.2, 0.25) is 0 Å². The van der Waals surface area contributed by atoms with E-state index in [0.29, 0.717) is 23.6 Å². The molecule has 0 unspecified atom stereocenters. The van der Waals surface area contributed by atoms with Gasteiger partial charge in [0.1, 0.15) is 12.4 Å². The lowest BCUT2D eigenvalue weighted by atomic mass is 10.2. The first-order chi connectivity index (χ1) is 13.5. The molecular formula is C20H21ClN2O5. The normalized spacial score (nSPS) is 17.0. The molecule has 8 heteroatoms. The van der Waals surface area contributed by atoms with Crippen molar-refractivity contribution in [2.24, 2.45) is 0 Å². The summed E-state index contributed by atoms with van der Waals surface area (Å²) in [4.78, 5) is 28.3. The van der Waals surface area contributed by atoms with Crippen molar-refractivity contribution in [3.8, 4) is 5.75 Å². The fraction of sp³-hybridized carbons (Fsp3) is 0.350. The van der Waals surface area contributed by atoms with Crippen molar-refractivity contribution in [1.29, 1.82) is 0 Å². The highest BCUT2D eigenvalue weighted by atomic mass is 35.5. The van der Waals surface area contributed by atoms with Crippen LogP contribution < -0.4 is 10.1 Å². The summed E-state index contributed by atoms with van der Waals surface area (Å²) >= 11 is 5.90. The number of hydrogen-bond acceptors (Lipinski definition) is 6. The van der Waals surface area contributed by atoms with Gasteiger partial charge in [0.15, 0.2) is 11.3 Å². The number of nitrogens with one attached hydrogen (secondary N) is 1. The third-order valence-electron chi connectivity index (χ3n) is 4.22. The average Bonchev–Trinajstić information content (AvgIpc) is 3.22. The van der Waals surface area contributed by atoms with Crippen LogP contribution in [-0.2, 0) is 14.3 Å². The average molecular weight is 405 g/mol. The van der Waals surface area contributed by atoms with E-state index >= 15 is 0 Å². The Hall–Kier alpha value is -2.64. The number of anilines is 1. The first-order valence-electron chi connectivity index (χ1n) is 9.00. The molecule has 1 aromatic heterocycles. The van der Waals surface area contributed by atoms with Crippen LogP contribution in [0, 0.1) is 0 Å². The van der Waals surface area contributed by atoms with Crippen LogP contribution in [0.3, 0.4) is 0 Å².